The van der Waals surface area contributed by atoms with Gasteiger partial charge in [-0.25, -0.2) is 0 Å². The van der Waals surface area contributed by atoms with Crippen LogP contribution in [-0.2, 0) is 19.7 Å². The van der Waals surface area contributed by atoms with Crippen molar-refractivity contribution in [3.05, 3.63) is 29.8 Å². The summed E-state index contributed by atoms with van der Waals surface area (Å²) in [5.41, 5.74) is 6.21. The first kappa shape index (κ1) is 15.2. The SMILES string of the molecule is COC(=O)C(C)(C)c1ccc(NC(=O)[C@@H](C)N)cc1. The topological polar surface area (TPSA) is 81.4 Å². The van der Waals surface area contributed by atoms with Crippen LogP contribution in [0.1, 0.15) is 26.3 Å². The number of hydrogen-bond donors (Lipinski definition) is 2. The highest BCUT2D eigenvalue weighted by atomic mass is 16.5. The molecule has 1 aromatic rings. The number of rotatable bonds is 4. The fraction of sp³-hybridized carbons (Fsp3) is 0.429. The smallest absolute Gasteiger partial charge is 0.315 e. The lowest BCUT2D eigenvalue weighted by Gasteiger charge is -2.22. The number of methoxy groups -OCH3 is 1. The maximum atomic E-state index is 11.7. The molecule has 0 unspecified atom stereocenters. The molecule has 0 fully saturated rings. The summed E-state index contributed by atoms with van der Waals surface area (Å²) in [4.78, 5) is 23.1. The number of hydrogen-bond acceptors (Lipinski definition) is 4. The van der Waals surface area contributed by atoms with Gasteiger partial charge < -0.3 is 15.8 Å². The van der Waals surface area contributed by atoms with E-state index in [0.29, 0.717) is 5.69 Å². The fourth-order valence-corrected chi connectivity index (χ4v) is 1.60. The van der Waals surface area contributed by atoms with E-state index in [0.717, 1.165) is 5.56 Å². The molecule has 0 radical (unpaired) electrons. The molecule has 19 heavy (non-hydrogen) atoms. The van der Waals surface area contributed by atoms with Crippen LogP contribution < -0.4 is 11.1 Å². The summed E-state index contributed by atoms with van der Waals surface area (Å²) in [6.45, 7) is 5.19. The first-order valence-electron chi connectivity index (χ1n) is 6.04. The Kier molecular flexibility index (Phi) is 4.67. The molecule has 0 aliphatic heterocycles. The average molecular weight is 264 g/mol. The van der Waals surface area contributed by atoms with Crippen LogP contribution >= 0.6 is 0 Å². The molecule has 1 atom stereocenters. The van der Waals surface area contributed by atoms with Crippen molar-refractivity contribution in [3.63, 3.8) is 0 Å². The molecule has 0 bridgehead atoms. The van der Waals surface area contributed by atoms with Crippen LogP contribution in [0.25, 0.3) is 0 Å². The lowest BCUT2D eigenvalue weighted by Crippen LogP contribution is -2.32. The minimum absolute atomic E-state index is 0.250. The number of amides is 1. The molecule has 104 valence electrons. The monoisotopic (exact) mass is 264 g/mol. The summed E-state index contributed by atoms with van der Waals surface area (Å²) in [6.07, 6.45) is 0. The molecule has 0 saturated carbocycles. The average Bonchev–Trinajstić information content (AvgIpc) is 2.38. The Morgan fingerprint density at radius 2 is 1.79 bits per heavy atom. The zero-order valence-corrected chi connectivity index (χ0v) is 11.7. The van der Waals surface area contributed by atoms with Gasteiger partial charge in [-0.1, -0.05) is 12.1 Å². The molecule has 3 N–H and O–H groups in total. The number of ether oxygens (including phenoxy) is 1. The van der Waals surface area contributed by atoms with Gasteiger partial charge in [0.2, 0.25) is 5.91 Å². The van der Waals surface area contributed by atoms with Gasteiger partial charge in [0, 0.05) is 5.69 Å². The van der Waals surface area contributed by atoms with Crippen LogP contribution in [0.3, 0.4) is 0 Å². The van der Waals surface area contributed by atoms with Crippen molar-refractivity contribution in [2.24, 2.45) is 5.73 Å². The van der Waals surface area contributed by atoms with Gasteiger partial charge >= 0.3 is 5.97 Å². The van der Waals surface area contributed by atoms with Crippen LogP contribution in [0.2, 0.25) is 0 Å². The summed E-state index contributed by atoms with van der Waals surface area (Å²) in [7, 11) is 1.36. The molecule has 0 heterocycles. The Balaban J connectivity index is 2.88. The Hall–Kier alpha value is -1.88. The molecule has 0 aromatic heterocycles. The largest absolute Gasteiger partial charge is 0.468 e. The van der Waals surface area contributed by atoms with E-state index in [4.69, 9.17) is 10.5 Å². The number of nitrogens with one attached hydrogen (secondary N) is 1. The number of nitrogens with two attached hydrogens (primary N) is 1. The maximum Gasteiger partial charge on any atom is 0.315 e. The third kappa shape index (κ3) is 3.54. The van der Waals surface area contributed by atoms with Gasteiger partial charge in [-0.3, -0.25) is 9.59 Å². The standard InChI is InChI=1S/C14H20N2O3/c1-9(15)12(17)16-11-7-5-10(6-8-11)14(2,3)13(18)19-4/h5-9H,15H2,1-4H3,(H,16,17)/t9-/m1/s1. The van der Waals surface area contributed by atoms with Crippen LogP contribution in [-0.4, -0.2) is 25.0 Å². The molecule has 1 aromatic carbocycles. The fourth-order valence-electron chi connectivity index (χ4n) is 1.60. The summed E-state index contributed by atoms with van der Waals surface area (Å²) >= 11 is 0. The van der Waals surface area contributed by atoms with Gasteiger partial charge in [0.15, 0.2) is 0 Å². The summed E-state index contributed by atoms with van der Waals surface area (Å²) in [5.74, 6) is -0.556. The van der Waals surface area contributed by atoms with E-state index in [-0.39, 0.29) is 11.9 Å². The molecule has 5 nitrogen and oxygen atoms in total. The van der Waals surface area contributed by atoms with Crippen molar-refractivity contribution in [3.8, 4) is 0 Å². The van der Waals surface area contributed by atoms with Crippen LogP contribution in [0.15, 0.2) is 24.3 Å². The van der Waals surface area contributed by atoms with E-state index < -0.39 is 11.5 Å². The number of carbonyl (C=O) groups is 2. The Morgan fingerprint density at radius 1 is 1.26 bits per heavy atom. The van der Waals surface area contributed by atoms with Gasteiger partial charge in [0.05, 0.1) is 18.6 Å². The van der Waals surface area contributed by atoms with Crippen molar-refractivity contribution in [2.75, 3.05) is 12.4 Å². The molecular formula is C14H20N2O3. The second-order valence-corrected chi connectivity index (χ2v) is 4.97. The van der Waals surface area contributed by atoms with E-state index in [1.54, 1.807) is 45.0 Å². The van der Waals surface area contributed by atoms with Crippen molar-refractivity contribution in [1.29, 1.82) is 0 Å². The Morgan fingerprint density at radius 3 is 2.21 bits per heavy atom. The van der Waals surface area contributed by atoms with Crippen molar-refractivity contribution < 1.29 is 14.3 Å². The molecule has 0 spiro atoms. The lowest BCUT2D eigenvalue weighted by molar-refractivity contribution is -0.146. The second-order valence-electron chi connectivity index (χ2n) is 4.97. The third-order valence-electron chi connectivity index (χ3n) is 2.98. The van der Waals surface area contributed by atoms with E-state index in [1.165, 1.54) is 7.11 Å². The highest BCUT2D eigenvalue weighted by Crippen LogP contribution is 2.25. The van der Waals surface area contributed by atoms with Gasteiger partial charge in [-0.15, -0.1) is 0 Å². The van der Waals surface area contributed by atoms with Gasteiger partial charge in [-0.05, 0) is 38.5 Å². The first-order chi connectivity index (χ1) is 8.78. The molecule has 1 rings (SSSR count). The summed E-state index contributed by atoms with van der Waals surface area (Å²) in [6, 6.07) is 6.48. The summed E-state index contributed by atoms with van der Waals surface area (Å²) in [5, 5.41) is 2.68. The molecule has 5 heteroatoms. The molecule has 0 aliphatic carbocycles. The number of benzene rings is 1. The number of anilines is 1. The van der Waals surface area contributed by atoms with Crippen molar-refractivity contribution in [2.45, 2.75) is 32.2 Å². The maximum absolute atomic E-state index is 11.7. The normalized spacial score (nSPS) is 12.7. The van der Waals surface area contributed by atoms with Crippen molar-refractivity contribution >= 4 is 17.6 Å². The quantitative estimate of drug-likeness (QED) is 0.806. The van der Waals surface area contributed by atoms with E-state index in [9.17, 15) is 9.59 Å². The zero-order valence-electron chi connectivity index (χ0n) is 11.7. The molecule has 1 amide bonds. The van der Waals surface area contributed by atoms with Crippen molar-refractivity contribution in [1.82, 2.24) is 0 Å². The molecular weight excluding hydrogens is 244 g/mol. The molecule has 0 saturated heterocycles. The van der Waals surface area contributed by atoms with Crippen LogP contribution in [0, 0.1) is 0 Å². The van der Waals surface area contributed by atoms with E-state index in [2.05, 4.69) is 5.32 Å². The third-order valence-corrected chi connectivity index (χ3v) is 2.98. The first-order valence-corrected chi connectivity index (χ1v) is 6.04. The van der Waals surface area contributed by atoms with E-state index >= 15 is 0 Å². The zero-order chi connectivity index (χ0) is 14.6. The minimum atomic E-state index is -0.724. The lowest BCUT2D eigenvalue weighted by atomic mass is 9.85. The highest BCUT2D eigenvalue weighted by molar-refractivity contribution is 5.94. The van der Waals surface area contributed by atoms with E-state index in [1.807, 2.05) is 0 Å². The van der Waals surface area contributed by atoms with Crippen LogP contribution in [0.5, 0.6) is 0 Å². The Bertz CT molecular complexity index is 464. The predicted octanol–water partition coefficient (Wildman–Crippen LogP) is 1.42. The van der Waals surface area contributed by atoms with Gasteiger partial charge in [0.25, 0.3) is 0 Å². The van der Waals surface area contributed by atoms with Gasteiger partial charge in [-0.2, -0.15) is 0 Å². The minimum Gasteiger partial charge on any atom is -0.468 e. The summed E-state index contributed by atoms with van der Waals surface area (Å²) < 4.78 is 4.77. The second kappa shape index (κ2) is 5.84. The Labute approximate surface area is 113 Å². The molecule has 0 aliphatic rings. The van der Waals surface area contributed by atoms with Crippen LogP contribution in [0.4, 0.5) is 5.69 Å². The highest BCUT2D eigenvalue weighted by Gasteiger charge is 2.30. The number of esters is 1. The van der Waals surface area contributed by atoms with Gasteiger partial charge in [0.1, 0.15) is 0 Å². The predicted molar refractivity (Wildman–Crippen MR) is 73.8 cm³/mol. The number of carbonyl (C=O) groups excluding carboxylic acids is 2.